The number of hydrogen-bond acceptors (Lipinski definition) is 4. The van der Waals surface area contributed by atoms with Crippen LogP contribution in [0, 0.1) is 0 Å². The average molecular weight is 318 g/mol. The van der Waals surface area contributed by atoms with Crippen molar-refractivity contribution in [2.75, 3.05) is 0 Å². The lowest BCUT2D eigenvalue weighted by Gasteiger charge is -2.25. The Kier molecular flexibility index (Phi) is 4.87. The summed E-state index contributed by atoms with van der Waals surface area (Å²) in [4.78, 5) is 13.5. The zero-order valence-corrected chi connectivity index (χ0v) is 13.7. The van der Waals surface area contributed by atoms with Crippen molar-refractivity contribution >= 4 is 17.2 Å². The van der Waals surface area contributed by atoms with Gasteiger partial charge in [0.05, 0.1) is 0 Å². The molecular weight excluding hydrogens is 296 g/mol. The standard InChI is InChI=1S/C16H22N4OS/c1-2-14-18-19-15-9-8-12(11-20(14)15)17-16(21)7-3-5-13-6-4-10-22-13/h4,6,10,12H,2-3,5,7-9,11H2,1H3,(H,17,21). The lowest BCUT2D eigenvalue weighted by atomic mass is 10.1. The topological polar surface area (TPSA) is 59.8 Å². The van der Waals surface area contributed by atoms with E-state index in [-0.39, 0.29) is 11.9 Å². The van der Waals surface area contributed by atoms with Gasteiger partial charge in [0, 0.05) is 36.7 Å². The Balaban J connectivity index is 1.46. The molecule has 0 bridgehead atoms. The van der Waals surface area contributed by atoms with Gasteiger partial charge in [-0.05, 0) is 30.7 Å². The molecule has 1 unspecified atom stereocenters. The maximum atomic E-state index is 12.1. The Morgan fingerprint density at radius 2 is 2.41 bits per heavy atom. The molecule has 0 aliphatic carbocycles. The second kappa shape index (κ2) is 7.05. The van der Waals surface area contributed by atoms with Crippen molar-refractivity contribution in [2.24, 2.45) is 0 Å². The molecular formula is C16H22N4OS. The van der Waals surface area contributed by atoms with Crippen LogP contribution < -0.4 is 5.32 Å². The van der Waals surface area contributed by atoms with Crippen molar-refractivity contribution in [1.29, 1.82) is 0 Å². The molecule has 22 heavy (non-hydrogen) atoms. The highest BCUT2D eigenvalue weighted by Crippen LogP contribution is 2.16. The normalized spacial score (nSPS) is 17.2. The number of aryl methyl sites for hydroxylation is 3. The van der Waals surface area contributed by atoms with Crippen LogP contribution in [0.1, 0.15) is 42.7 Å². The lowest BCUT2D eigenvalue weighted by Crippen LogP contribution is -2.41. The molecule has 1 amide bonds. The van der Waals surface area contributed by atoms with Gasteiger partial charge in [0.1, 0.15) is 11.6 Å². The Bertz CT molecular complexity index is 607. The minimum absolute atomic E-state index is 0.163. The molecule has 1 N–H and O–H groups in total. The third-order valence-corrected chi connectivity index (χ3v) is 5.05. The monoisotopic (exact) mass is 318 g/mol. The number of nitrogens with one attached hydrogen (secondary N) is 1. The Morgan fingerprint density at radius 3 is 3.18 bits per heavy atom. The van der Waals surface area contributed by atoms with E-state index in [1.54, 1.807) is 11.3 Å². The van der Waals surface area contributed by atoms with Gasteiger partial charge in [-0.25, -0.2) is 0 Å². The maximum absolute atomic E-state index is 12.1. The first-order valence-electron chi connectivity index (χ1n) is 7.99. The van der Waals surface area contributed by atoms with E-state index in [1.165, 1.54) is 4.88 Å². The summed E-state index contributed by atoms with van der Waals surface area (Å²) in [6, 6.07) is 4.40. The fraction of sp³-hybridized carbons (Fsp3) is 0.562. The molecule has 0 aromatic carbocycles. The minimum atomic E-state index is 0.163. The zero-order valence-electron chi connectivity index (χ0n) is 12.9. The summed E-state index contributed by atoms with van der Waals surface area (Å²) in [6.07, 6.45) is 5.24. The number of rotatable bonds is 6. The van der Waals surface area contributed by atoms with Gasteiger partial charge in [0.25, 0.3) is 0 Å². The molecule has 0 saturated heterocycles. The van der Waals surface area contributed by atoms with Crippen LogP contribution in [0.3, 0.4) is 0 Å². The van der Waals surface area contributed by atoms with Gasteiger partial charge in [-0.2, -0.15) is 0 Å². The molecule has 5 nitrogen and oxygen atoms in total. The van der Waals surface area contributed by atoms with Gasteiger partial charge in [0.15, 0.2) is 0 Å². The van der Waals surface area contributed by atoms with Gasteiger partial charge < -0.3 is 9.88 Å². The summed E-state index contributed by atoms with van der Waals surface area (Å²) >= 11 is 1.76. The molecule has 6 heteroatoms. The van der Waals surface area contributed by atoms with E-state index in [0.717, 1.165) is 50.3 Å². The molecule has 0 radical (unpaired) electrons. The Labute approximate surface area is 134 Å². The van der Waals surface area contributed by atoms with Crippen molar-refractivity contribution in [2.45, 2.75) is 58.0 Å². The number of thiophene rings is 1. The third-order valence-electron chi connectivity index (χ3n) is 4.11. The number of aromatic nitrogens is 3. The van der Waals surface area contributed by atoms with Crippen LogP contribution in [0.5, 0.6) is 0 Å². The van der Waals surface area contributed by atoms with Gasteiger partial charge in [-0.3, -0.25) is 4.79 Å². The number of carbonyl (C=O) groups is 1. The lowest BCUT2D eigenvalue weighted by molar-refractivity contribution is -0.122. The molecule has 1 aliphatic rings. The van der Waals surface area contributed by atoms with Crippen LogP contribution in [0.25, 0.3) is 0 Å². The molecule has 118 valence electrons. The molecule has 0 saturated carbocycles. The molecule has 1 atom stereocenters. The van der Waals surface area contributed by atoms with E-state index < -0.39 is 0 Å². The largest absolute Gasteiger partial charge is 0.352 e. The zero-order chi connectivity index (χ0) is 15.4. The summed E-state index contributed by atoms with van der Waals surface area (Å²) in [6.45, 7) is 2.90. The first-order valence-corrected chi connectivity index (χ1v) is 8.87. The molecule has 0 fully saturated rings. The smallest absolute Gasteiger partial charge is 0.220 e. The molecule has 1 aliphatic heterocycles. The van der Waals surface area contributed by atoms with Gasteiger partial charge in [-0.15, -0.1) is 21.5 Å². The second-order valence-electron chi connectivity index (χ2n) is 5.73. The van der Waals surface area contributed by atoms with Gasteiger partial charge >= 0.3 is 0 Å². The third kappa shape index (κ3) is 3.55. The summed E-state index contributed by atoms with van der Waals surface area (Å²) in [5, 5.41) is 13.7. The predicted molar refractivity (Wildman–Crippen MR) is 86.9 cm³/mol. The highest BCUT2D eigenvalue weighted by Gasteiger charge is 2.23. The van der Waals surface area contributed by atoms with Gasteiger partial charge in [-0.1, -0.05) is 13.0 Å². The quantitative estimate of drug-likeness (QED) is 0.889. The summed E-state index contributed by atoms with van der Waals surface area (Å²) < 4.78 is 2.17. The van der Waals surface area contributed by atoms with Crippen LogP contribution in [0.4, 0.5) is 0 Å². The van der Waals surface area contributed by atoms with Crippen LogP contribution in [0.2, 0.25) is 0 Å². The van der Waals surface area contributed by atoms with Crippen LogP contribution in [-0.4, -0.2) is 26.7 Å². The van der Waals surface area contributed by atoms with Crippen molar-refractivity contribution in [3.05, 3.63) is 34.0 Å². The Hall–Kier alpha value is -1.69. The molecule has 3 heterocycles. The number of amides is 1. The molecule has 3 rings (SSSR count). The molecule has 2 aromatic rings. The van der Waals surface area contributed by atoms with Crippen molar-refractivity contribution in [3.8, 4) is 0 Å². The second-order valence-corrected chi connectivity index (χ2v) is 6.76. The summed E-state index contributed by atoms with van der Waals surface area (Å²) in [5.74, 6) is 2.24. The van der Waals surface area contributed by atoms with E-state index in [1.807, 2.05) is 0 Å². The SMILES string of the molecule is CCc1nnc2n1CC(NC(=O)CCCc1cccs1)CC2. The minimum Gasteiger partial charge on any atom is -0.352 e. The average Bonchev–Trinajstić information content (AvgIpc) is 3.16. The van der Waals surface area contributed by atoms with E-state index in [0.29, 0.717) is 6.42 Å². The van der Waals surface area contributed by atoms with Crippen LogP contribution in [0.15, 0.2) is 17.5 Å². The van der Waals surface area contributed by atoms with Crippen molar-refractivity contribution < 1.29 is 4.79 Å². The van der Waals surface area contributed by atoms with Crippen molar-refractivity contribution in [1.82, 2.24) is 20.1 Å². The Morgan fingerprint density at radius 1 is 1.50 bits per heavy atom. The number of carbonyl (C=O) groups excluding carboxylic acids is 1. The first kappa shape index (κ1) is 15.2. The van der Waals surface area contributed by atoms with E-state index >= 15 is 0 Å². The van der Waals surface area contributed by atoms with Crippen LogP contribution in [-0.2, 0) is 30.6 Å². The predicted octanol–water partition coefficient (Wildman–Crippen LogP) is 2.36. The van der Waals surface area contributed by atoms with E-state index in [9.17, 15) is 4.79 Å². The maximum Gasteiger partial charge on any atom is 0.220 e. The summed E-state index contributed by atoms with van der Waals surface area (Å²) in [5.41, 5.74) is 0. The highest BCUT2D eigenvalue weighted by atomic mass is 32.1. The van der Waals surface area contributed by atoms with Crippen LogP contribution >= 0.6 is 11.3 Å². The van der Waals surface area contributed by atoms with Gasteiger partial charge in [0.2, 0.25) is 5.91 Å². The molecule has 0 spiro atoms. The van der Waals surface area contributed by atoms with E-state index in [2.05, 4.69) is 44.5 Å². The number of nitrogens with zero attached hydrogens (tertiary/aromatic N) is 3. The molecule has 2 aromatic heterocycles. The summed E-state index contributed by atoms with van der Waals surface area (Å²) in [7, 11) is 0. The van der Waals surface area contributed by atoms with E-state index in [4.69, 9.17) is 0 Å². The van der Waals surface area contributed by atoms with Crippen molar-refractivity contribution in [3.63, 3.8) is 0 Å². The number of hydrogen-bond donors (Lipinski definition) is 1. The highest BCUT2D eigenvalue weighted by molar-refractivity contribution is 7.09. The fourth-order valence-electron chi connectivity index (χ4n) is 2.94. The fourth-order valence-corrected chi connectivity index (χ4v) is 3.69. The number of fused-ring (bicyclic) bond motifs is 1. The first-order chi connectivity index (χ1) is 10.8.